The van der Waals surface area contributed by atoms with E-state index in [0.29, 0.717) is 11.0 Å². The van der Waals surface area contributed by atoms with Crippen LogP contribution in [0.25, 0.3) is 0 Å². The monoisotopic (exact) mass is 257 g/mol. The van der Waals surface area contributed by atoms with Crippen LogP contribution in [-0.4, -0.2) is 30.6 Å². The molecule has 0 radical (unpaired) electrons. The van der Waals surface area contributed by atoms with Crippen LogP contribution in [0.1, 0.15) is 6.42 Å². The molecule has 0 rings (SSSR count). The largest absolute Gasteiger partial charge is 0.385 e. The van der Waals surface area contributed by atoms with Gasteiger partial charge in [-0.15, -0.1) is 0 Å². The quantitative estimate of drug-likeness (QED) is 0.444. The second-order valence-corrected chi connectivity index (χ2v) is 2.59. The van der Waals surface area contributed by atoms with Gasteiger partial charge in [0.2, 0.25) is 5.91 Å². The lowest BCUT2D eigenvalue weighted by atomic mass is 10.4. The molecule has 0 unspecified atom stereocenters. The molecule has 0 heterocycles. The van der Waals surface area contributed by atoms with Crippen molar-refractivity contribution in [3.05, 3.63) is 0 Å². The topological polar surface area (TPSA) is 38.3 Å². The van der Waals surface area contributed by atoms with Crippen LogP contribution in [0.15, 0.2) is 0 Å². The molecule has 0 aromatic carbocycles. The first-order valence-electron chi connectivity index (χ1n) is 3.13. The van der Waals surface area contributed by atoms with Gasteiger partial charge < -0.3 is 10.1 Å². The first-order chi connectivity index (χ1) is 4.81. The molecule has 0 spiro atoms. The molecule has 0 fully saturated rings. The Hall–Kier alpha value is 0.160. The van der Waals surface area contributed by atoms with Crippen LogP contribution in [0.5, 0.6) is 0 Å². The number of alkyl halides is 1. The highest BCUT2D eigenvalue weighted by atomic mass is 127. The summed E-state index contributed by atoms with van der Waals surface area (Å²) in [7, 11) is 1.65. The summed E-state index contributed by atoms with van der Waals surface area (Å²) in [5.41, 5.74) is 0. The summed E-state index contributed by atoms with van der Waals surface area (Å²) in [6.07, 6.45) is 0.888. The molecule has 0 saturated carbocycles. The zero-order valence-corrected chi connectivity index (χ0v) is 8.18. The number of hydrogen-bond donors (Lipinski definition) is 1. The van der Waals surface area contributed by atoms with E-state index in [9.17, 15) is 4.79 Å². The van der Waals surface area contributed by atoms with E-state index < -0.39 is 0 Å². The second kappa shape index (κ2) is 7.27. The fraction of sp³-hybridized carbons (Fsp3) is 0.833. The SMILES string of the molecule is COCCCNC(=O)CI. The van der Waals surface area contributed by atoms with Gasteiger partial charge in [0.05, 0.1) is 4.43 Å². The van der Waals surface area contributed by atoms with Crippen LogP contribution in [0.3, 0.4) is 0 Å². The lowest BCUT2D eigenvalue weighted by molar-refractivity contribution is -0.118. The van der Waals surface area contributed by atoms with Crippen LogP contribution in [0, 0.1) is 0 Å². The van der Waals surface area contributed by atoms with Crippen LogP contribution < -0.4 is 5.32 Å². The molecule has 0 bridgehead atoms. The molecule has 0 atom stereocenters. The minimum absolute atomic E-state index is 0.0942. The van der Waals surface area contributed by atoms with Crippen molar-refractivity contribution in [2.24, 2.45) is 0 Å². The third-order valence-electron chi connectivity index (χ3n) is 0.969. The van der Waals surface area contributed by atoms with E-state index in [1.165, 1.54) is 0 Å². The summed E-state index contributed by atoms with van der Waals surface area (Å²) in [6.45, 7) is 1.43. The molecule has 0 saturated heterocycles. The van der Waals surface area contributed by atoms with Gasteiger partial charge in [0.15, 0.2) is 0 Å². The summed E-state index contributed by atoms with van der Waals surface area (Å²) in [4.78, 5) is 10.6. The van der Waals surface area contributed by atoms with Gasteiger partial charge in [-0.1, -0.05) is 22.6 Å². The predicted octanol–water partition coefficient (Wildman–Crippen LogP) is 0.574. The number of halogens is 1. The van der Waals surface area contributed by atoms with E-state index >= 15 is 0 Å². The molecule has 1 N–H and O–H groups in total. The Morgan fingerprint density at radius 2 is 2.40 bits per heavy atom. The van der Waals surface area contributed by atoms with Gasteiger partial charge in [-0.05, 0) is 6.42 Å². The second-order valence-electron chi connectivity index (χ2n) is 1.83. The van der Waals surface area contributed by atoms with E-state index in [0.717, 1.165) is 13.0 Å². The maximum Gasteiger partial charge on any atom is 0.229 e. The first kappa shape index (κ1) is 10.2. The number of carbonyl (C=O) groups is 1. The van der Waals surface area contributed by atoms with Gasteiger partial charge in [-0.3, -0.25) is 4.79 Å². The molecule has 0 aliphatic heterocycles. The van der Waals surface area contributed by atoms with Crippen molar-refractivity contribution in [3.63, 3.8) is 0 Å². The van der Waals surface area contributed by atoms with Gasteiger partial charge in [0, 0.05) is 20.3 Å². The van der Waals surface area contributed by atoms with E-state index in [2.05, 4.69) is 5.32 Å². The minimum Gasteiger partial charge on any atom is -0.385 e. The molecular formula is C6H12INO2. The summed E-state index contributed by atoms with van der Waals surface area (Å²) in [5, 5.41) is 2.74. The van der Waals surface area contributed by atoms with Crippen molar-refractivity contribution in [1.29, 1.82) is 0 Å². The maximum atomic E-state index is 10.6. The van der Waals surface area contributed by atoms with E-state index in [4.69, 9.17) is 4.74 Å². The van der Waals surface area contributed by atoms with Crippen molar-refractivity contribution in [2.75, 3.05) is 24.7 Å². The number of amides is 1. The third-order valence-corrected chi connectivity index (χ3v) is 1.66. The van der Waals surface area contributed by atoms with Gasteiger partial charge in [-0.2, -0.15) is 0 Å². The highest BCUT2D eigenvalue weighted by Crippen LogP contribution is 1.81. The standard InChI is InChI=1S/C6H12INO2/c1-10-4-2-3-8-6(9)5-7/h2-5H2,1H3,(H,8,9). The van der Waals surface area contributed by atoms with E-state index in [1.807, 2.05) is 22.6 Å². The molecule has 1 amide bonds. The summed E-state index contributed by atoms with van der Waals surface area (Å²) >= 11 is 2.03. The Balaban J connectivity index is 2.96. The fourth-order valence-corrected chi connectivity index (χ4v) is 0.761. The van der Waals surface area contributed by atoms with Crippen molar-refractivity contribution >= 4 is 28.5 Å². The molecule has 60 valence electrons. The Labute approximate surface area is 74.7 Å². The fourth-order valence-electron chi connectivity index (χ4n) is 0.492. The molecule has 0 aliphatic rings. The van der Waals surface area contributed by atoms with Gasteiger partial charge >= 0.3 is 0 Å². The highest BCUT2D eigenvalue weighted by molar-refractivity contribution is 14.1. The van der Waals surface area contributed by atoms with Gasteiger partial charge in [0.1, 0.15) is 0 Å². The Morgan fingerprint density at radius 1 is 1.70 bits per heavy atom. The molecule has 0 aromatic rings. The molecule has 3 nitrogen and oxygen atoms in total. The van der Waals surface area contributed by atoms with Crippen molar-refractivity contribution in [1.82, 2.24) is 5.32 Å². The van der Waals surface area contributed by atoms with Crippen LogP contribution in [0.2, 0.25) is 0 Å². The summed E-state index contributed by atoms with van der Waals surface area (Å²) in [6, 6.07) is 0. The zero-order valence-electron chi connectivity index (χ0n) is 6.02. The molecule has 10 heavy (non-hydrogen) atoms. The normalized spacial score (nSPS) is 9.40. The highest BCUT2D eigenvalue weighted by Gasteiger charge is 1.94. The third kappa shape index (κ3) is 6.28. The van der Waals surface area contributed by atoms with Crippen LogP contribution in [0.4, 0.5) is 0 Å². The van der Waals surface area contributed by atoms with Crippen molar-refractivity contribution < 1.29 is 9.53 Å². The smallest absolute Gasteiger partial charge is 0.229 e. The number of ether oxygens (including phenoxy) is 1. The number of hydrogen-bond acceptors (Lipinski definition) is 2. The average molecular weight is 257 g/mol. The number of nitrogens with one attached hydrogen (secondary N) is 1. The molecule has 0 aromatic heterocycles. The lowest BCUT2D eigenvalue weighted by Crippen LogP contribution is -2.25. The number of methoxy groups -OCH3 is 1. The van der Waals surface area contributed by atoms with Gasteiger partial charge in [-0.25, -0.2) is 0 Å². The van der Waals surface area contributed by atoms with Gasteiger partial charge in [0.25, 0.3) is 0 Å². The summed E-state index contributed by atoms with van der Waals surface area (Å²) in [5.74, 6) is 0.0942. The predicted molar refractivity (Wildman–Crippen MR) is 48.4 cm³/mol. The number of rotatable bonds is 5. The Kier molecular flexibility index (Phi) is 7.39. The Morgan fingerprint density at radius 3 is 2.90 bits per heavy atom. The number of carbonyl (C=O) groups excluding carboxylic acids is 1. The van der Waals surface area contributed by atoms with Crippen molar-refractivity contribution in [3.8, 4) is 0 Å². The van der Waals surface area contributed by atoms with Crippen molar-refractivity contribution in [2.45, 2.75) is 6.42 Å². The van der Waals surface area contributed by atoms with E-state index in [1.54, 1.807) is 7.11 Å². The summed E-state index contributed by atoms with van der Waals surface area (Å²) < 4.78 is 5.34. The first-order valence-corrected chi connectivity index (χ1v) is 4.65. The lowest BCUT2D eigenvalue weighted by Gasteiger charge is -2.00. The minimum atomic E-state index is 0.0942. The maximum absolute atomic E-state index is 10.6. The molecule has 0 aliphatic carbocycles. The molecular weight excluding hydrogens is 245 g/mol. The van der Waals surface area contributed by atoms with E-state index in [-0.39, 0.29) is 5.91 Å². The zero-order chi connectivity index (χ0) is 7.82. The Bertz CT molecular complexity index is 97.7. The average Bonchev–Trinajstić information content (AvgIpc) is 1.98. The van der Waals surface area contributed by atoms with Crippen LogP contribution in [-0.2, 0) is 9.53 Å². The van der Waals surface area contributed by atoms with Crippen LogP contribution >= 0.6 is 22.6 Å². The molecule has 4 heteroatoms.